The van der Waals surface area contributed by atoms with Gasteiger partial charge in [0, 0.05) is 25.2 Å². The fourth-order valence-electron chi connectivity index (χ4n) is 2.73. The van der Waals surface area contributed by atoms with Gasteiger partial charge in [0.1, 0.15) is 9.92 Å². The van der Waals surface area contributed by atoms with Gasteiger partial charge in [-0.3, -0.25) is 10.1 Å². The number of benzene rings is 1. The van der Waals surface area contributed by atoms with E-state index in [0.29, 0.717) is 18.7 Å². The minimum atomic E-state index is -3.86. The van der Waals surface area contributed by atoms with E-state index >= 15 is 0 Å². The number of hydrogen-bond acceptors (Lipinski definition) is 5. The Labute approximate surface area is 134 Å². The fraction of sp³-hybridized carbons (Fsp3) is 0.538. The second kappa shape index (κ2) is 6.49. The summed E-state index contributed by atoms with van der Waals surface area (Å²) in [5.74, 6) is 0. The van der Waals surface area contributed by atoms with Crippen molar-refractivity contribution in [2.45, 2.75) is 30.7 Å². The van der Waals surface area contributed by atoms with Gasteiger partial charge < -0.3 is 5.32 Å². The third kappa shape index (κ3) is 3.10. The second-order valence-electron chi connectivity index (χ2n) is 5.32. The minimum Gasteiger partial charge on any atom is -0.318 e. The van der Waals surface area contributed by atoms with Gasteiger partial charge in [-0.15, -0.1) is 0 Å². The molecule has 1 unspecified atom stereocenters. The van der Waals surface area contributed by atoms with Crippen molar-refractivity contribution in [2.24, 2.45) is 0 Å². The van der Waals surface area contributed by atoms with Crippen molar-refractivity contribution >= 4 is 27.3 Å². The first-order valence-electron chi connectivity index (χ1n) is 6.90. The molecule has 1 heterocycles. The third-order valence-electron chi connectivity index (χ3n) is 3.71. The zero-order chi connectivity index (χ0) is 16.5. The molecule has 0 amide bonds. The summed E-state index contributed by atoms with van der Waals surface area (Å²) in [6.45, 7) is 2.54. The average molecular weight is 348 g/mol. The quantitative estimate of drug-likeness (QED) is 0.649. The summed E-state index contributed by atoms with van der Waals surface area (Å²) < 4.78 is 27.1. The Morgan fingerprint density at radius 2 is 2.18 bits per heavy atom. The fourth-order valence-corrected chi connectivity index (χ4v) is 5.06. The molecule has 122 valence electrons. The Morgan fingerprint density at radius 1 is 1.50 bits per heavy atom. The summed E-state index contributed by atoms with van der Waals surface area (Å²) in [6, 6.07) is 2.50. The number of sulfonamides is 1. The predicted octanol–water partition coefficient (Wildman–Crippen LogP) is 1.93. The molecule has 1 saturated heterocycles. The first-order valence-corrected chi connectivity index (χ1v) is 8.71. The molecule has 1 N–H and O–H groups in total. The Balaban J connectivity index is 2.52. The maximum absolute atomic E-state index is 12.9. The van der Waals surface area contributed by atoms with Crippen LogP contribution in [0.3, 0.4) is 0 Å². The molecule has 1 aromatic rings. The molecule has 0 radical (unpaired) electrons. The van der Waals surface area contributed by atoms with E-state index in [-0.39, 0.29) is 21.6 Å². The van der Waals surface area contributed by atoms with Gasteiger partial charge in [0.2, 0.25) is 10.0 Å². The molecule has 1 aliphatic heterocycles. The maximum atomic E-state index is 12.9. The molecule has 9 heteroatoms. The Hall–Kier alpha value is -1.22. The van der Waals surface area contributed by atoms with Crippen LogP contribution >= 0.6 is 11.6 Å². The van der Waals surface area contributed by atoms with Crippen LogP contribution in [0.2, 0.25) is 5.02 Å². The number of hydrogen-bond donors (Lipinski definition) is 1. The normalized spacial score (nSPS) is 19.5. The van der Waals surface area contributed by atoms with Crippen molar-refractivity contribution in [3.63, 3.8) is 0 Å². The van der Waals surface area contributed by atoms with Crippen LogP contribution < -0.4 is 5.32 Å². The number of rotatable bonds is 5. The topological polar surface area (TPSA) is 92.6 Å². The SMILES string of the molecule is CNCC1CCCN1S(=O)(=O)c1cc(C)cc([N+](=O)[O-])c1Cl. The van der Waals surface area contributed by atoms with Crippen molar-refractivity contribution in [3.8, 4) is 0 Å². The van der Waals surface area contributed by atoms with Crippen LogP contribution in [0.1, 0.15) is 18.4 Å². The lowest BCUT2D eigenvalue weighted by atomic mass is 10.2. The molecular formula is C13H18ClN3O4S. The molecule has 1 aliphatic rings. The highest BCUT2D eigenvalue weighted by atomic mass is 35.5. The molecule has 0 aliphatic carbocycles. The highest BCUT2D eigenvalue weighted by Gasteiger charge is 2.37. The first-order chi connectivity index (χ1) is 10.3. The lowest BCUT2D eigenvalue weighted by molar-refractivity contribution is -0.385. The summed E-state index contributed by atoms with van der Waals surface area (Å²) in [4.78, 5) is 10.2. The number of nitrogens with zero attached hydrogens (tertiary/aromatic N) is 2. The number of nitro benzene ring substituents is 1. The Kier molecular flexibility index (Phi) is 5.06. The third-order valence-corrected chi connectivity index (χ3v) is 6.20. The number of nitro groups is 1. The summed E-state index contributed by atoms with van der Waals surface area (Å²) in [5.41, 5.74) is 0.101. The van der Waals surface area contributed by atoms with Gasteiger partial charge in [0.25, 0.3) is 5.69 Å². The minimum absolute atomic E-state index is 0.161. The molecule has 1 fully saturated rings. The summed E-state index contributed by atoms with van der Waals surface area (Å²) >= 11 is 6.00. The van der Waals surface area contributed by atoms with Crippen LogP contribution in [0.25, 0.3) is 0 Å². The van der Waals surface area contributed by atoms with Crippen molar-refractivity contribution in [1.29, 1.82) is 0 Å². The van der Waals surface area contributed by atoms with Crippen molar-refractivity contribution in [2.75, 3.05) is 20.1 Å². The van der Waals surface area contributed by atoms with Crippen LogP contribution in [0.4, 0.5) is 5.69 Å². The summed E-state index contributed by atoms with van der Waals surface area (Å²) in [7, 11) is -2.10. The van der Waals surface area contributed by atoms with E-state index in [9.17, 15) is 18.5 Å². The molecule has 2 rings (SSSR count). The zero-order valence-electron chi connectivity index (χ0n) is 12.4. The van der Waals surface area contributed by atoms with E-state index in [2.05, 4.69) is 5.32 Å². The largest absolute Gasteiger partial charge is 0.318 e. The van der Waals surface area contributed by atoms with Crippen molar-refractivity contribution in [1.82, 2.24) is 9.62 Å². The summed E-state index contributed by atoms with van der Waals surface area (Å²) in [5, 5.41) is 13.7. The molecule has 1 aromatic carbocycles. The molecule has 0 spiro atoms. The monoisotopic (exact) mass is 347 g/mol. The number of nitrogens with one attached hydrogen (secondary N) is 1. The van der Waals surface area contributed by atoms with Gasteiger partial charge in [-0.1, -0.05) is 11.6 Å². The van der Waals surface area contributed by atoms with Crippen LogP contribution in [0, 0.1) is 17.0 Å². The molecule has 22 heavy (non-hydrogen) atoms. The lowest BCUT2D eigenvalue weighted by Crippen LogP contribution is -2.40. The van der Waals surface area contributed by atoms with E-state index < -0.39 is 14.9 Å². The van der Waals surface area contributed by atoms with Gasteiger partial charge in [0.05, 0.1) is 4.92 Å². The predicted molar refractivity (Wildman–Crippen MR) is 83.7 cm³/mol. The van der Waals surface area contributed by atoms with Gasteiger partial charge >= 0.3 is 0 Å². The highest BCUT2D eigenvalue weighted by molar-refractivity contribution is 7.89. The standard InChI is InChI=1S/C13H18ClN3O4S/c1-9-6-11(17(18)19)13(14)12(7-9)22(20,21)16-5-3-4-10(16)8-15-2/h6-7,10,15H,3-5,8H2,1-2H3. The van der Waals surface area contributed by atoms with E-state index in [0.717, 1.165) is 12.8 Å². The summed E-state index contributed by atoms with van der Waals surface area (Å²) in [6.07, 6.45) is 1.52. The lowest BCUT2D eigenvalue weighted by Gasteiger charge is -2.24. The van der Waals surface area contributed by atoms with Gasteiger partial charge in [0.15, 0.2) is 0 Å². The number of likely N-dealkylation sites (N-methyl/N-ethyl adjacent to an activating group) is 1. The Bertz CT molecular complexity index is 693. The van der Waals surface area contributed by atoms with Crippen LogP contribution in [0.5, 0.6) is 0 Å². The smallest absolute Gasteiger partial charge is 0.289 e. The van der Waals surface area contributed by atoms with Crippen LogP contribution in [-0.2, 0) is 10.0 Å². The maximum Gasteiger partial charge on any atom is 0.289 e. The van der Waals surface area contributed by atoms with E-state index in [1.807, 2.05) is 0 Å². The molecule has 0 saturated carbocycles. The van der Waals surface area contributed by atoms with E-state index in [1.165, 1.54) is 16.4 Å². The van der Waals surface area contributed by atoms with E-state index in [4.69, 9.17) is 11.6 Å². The second-order valence-corrected chi connectivity index (χ2v) is 7.56. The van der Waals surface area contributed by atoms with Gasteiger partial charge in [-0.2, -0.15) is 4.31 Å². The molecule has 1 atom stereocenters. The zero-order valence-corrected chi connectivity index (χ0v) is 13.9. The number of aryl methyl sites for hydroxylation is 1. The van der Waals surface area contributed by atoms with E-state index in [1.54, 1.807) is 14.0 Å². The van der Waals surface area contributed by atoms with Gasteiger partial charge in [-0.25, -0.2) is 8.42 Å². The van der Waals surface area contributed by atoms with Crippen LogP contribution in [0.15, 0.2) is 17.0 Å². The first kappa shape index (κ1) is 17.1. The van der Waals surface area contributed by atoms with Crippen molar-refractivity contribution < 1.29 is 13.3 Å². The van der Waals surface area contributed by atoms with Crippen molar-refractivity contribution in [3.05, 3.63) is 32.8 Å². The van der Waals surface area contributed by atoms with Crippen LogP contribution in [-0.4, -0.2) is 43.8 Å². The molecule has 0 bridgehead atoms. The molecular weight excluding hydrogens is 330 g/mol. The average Bonchev–Trinajstić information content (AvgIpc) is 2.90. The number of halogens is 1. The Morgan fingerprint density at radius 3 is 2.77 bits per heavy atom. The highest BCUT2D eigenvalue weighted by Crippen LogP contribution is 2.36. The van der Waals surface area contributed by atoms with Gasteiger partial charge in [-0.05, 0) is 38.4 Å². The molecule has 7 nitrogen and oxygen atoms in total. The molecule has 0 aromatic heterocycles.